The number of carbonyl (C=O) groups excluding carboxylic acids is 2. The first-order chi connectivity index (χ1) is 12.2. The zero-order valence-corrected chi connectivity index (χ0v) is 13.8. The molecule has 1 aliphatic rings. The summed E-state index contributed by atoms with van der Waals surface area (Å²) in [6, 6.07) is 5.01. The third-order valence-electron chi connectivity index (χ3n) is 3.96. The second-order valence-corrected chi connectivity index (χ2v) is 6.09. The number of alkyl halides is 3. The van der Waals surface area contributed by atoms with Crippen molar-refractivity contribution in [3.05, 3.63) is 30.6 Å². The van der Waals surface area contributed by atoms with Crippen LogP contribution in [0.3, 0.4) is 0 Å². The van der Waals surface area contributed by atoms with E-state index in [0.29, 0.717) is 10.6 Å². The SMILES string of the molecule is Cn1cc(-c2cccc(NC(=O)C3CC(=O)N(CC(F)(F)F)C3)n2)cn1. The van der Waals surface area contributed by atoms with Gasteiger partial charge < -0.3 is 10.2 Å². The number of hydrogen-bond acceptors (Lipinski definition) is 4. The summed E-state index contributed by atoms with van der Waals surface area (Å²) in [7, 11) is 1.76. The fraction of sp³-hybridized carbons (Fsp3) is 0.375. The summed E-state index contributed by atoms with van der Waals surface area (Å²) >= 11 is 0. The molecule has 138 valence electrons. The van der Waals surface area contributed by atoms with Crippen LogP contribution in [0.15, 0.2) is 30.6 Å². The highest BCUT2D eigenvalue weighted by Crippen LogP contribution is 2.25. The smallest absolute Gasteiger partial charge is 0.333 e. The van der Waals surface area contributed by atoms with Crippen LogP contribution in [0.5, 0.6) is 0 Å². The standard InChI is InChI=1S/C16H16F3N5O2/c1-23-7-11(6-20-23)12-3-2-4-13(21-12)22-15(26)10-5-14(25)24(8-10)9-16(17,18)19/h2-4,6-7,10H,5,8-9H2,1H3,(H,21,22,26). The van der Waals surface area contributed by atoms with Crippen LogP contribution in [0.2, 0.25) is 0 Å². The fourth-order valence-electron chi connectivity index (χ4n) is 2.76. The van der Waals surface area contributed by atoms with Crippen molar-refractivity contribution in [2.75, 3.05) is 18.4 Å². The summed E-state index contributed by atoms with van der Waals surface area (Å²) in [4.78, 5) is 28.9. The van der Waals surface area contributed by atoms with Gasteiger partial charge >= 0.3 is 6.18 Å². The number of halogens is 3. The molecule has 0 radical (unpaired) electrons. The number of nitrogens with zero attached hydrogens (tertiary/aromatic N) is 4. The van der Waals surface area contributed by atoms with Gasteiger partial charge in [0.1, 0.15) is 12.4 Å². The average Bonchev–Trinajstić information content (AvgIpc) is 3.13. The molecule has 1 aliphatic heterocycles. The van der Waals surface area contributed by atoms with E-state index < -0.39 is 30.5 Å². The third-order valence-corrected chi connectivity index (χ3v) is 3.96. The number of likely N-dealkylation sites (tertiary alicyclic amines) is 1. The molecule has 2 amide bonds. The molecule has 26 heavy (non-hydrogen) atoms. The van der Waals surface area contributed by atoms with Crippen molar-refractivity contribution < 1.29 is 22.8 Å². The van der Waals surface area contributed by atoms with E-state index in [1.54, 1.807) is 42.3 Å². The Balaban J connectivity index is 1.66. The van der Waals surface area contributed by atoms with Crippen LogP contribution in [-0.4, -0.2) is 50.7 Å². The van der Waals surface area contributed by atoms with Crippen LogP contribution >= 0.6 is 0 Å². The van der Waals surface area contributed by atoms with E-state index in [1.165, 1.54) is 0 Å². The molecule has 0 bridgehead atoms. The van der Waals surface area contributed by atoms with E-state index in [1.807, 2.05) is 0 Å². The summed E-state index contributed by atoms with van der Waals surface area (Å²) in [5, 5.41) is 6.61. The maximum Gasteiger partial charge on any atom is 0.406 e. The lowest BCUT2D eigenvalue weighted by atomic mass is 10.1. The number of carbonyl (C=O) groups is 2. The normalized spacial score (nSPS) is 17.6. The summed E-state index contributed by atoms with van der Waals surface area (Å²) in [6.07, 6.45) is -1.35. The zero-order chi connectivity index (χ0) is 18.9. The second-order valence-electron chi connectivity index (χ2n) is 6.09. The van der Waals surface area contributed by atoms with Crippen molar-refractivity contribution >= 4 is 17.6 Å². The Morgan fingerprint density at radius 2 is 2.15 bits per heavy atom. The molecule has 3 heterocycles. The number of nitrogens with one attached hydrogen (secondary N) is 1. The molecule has 7 nitrogen and oxygen atoms in total. The van der Waals surface area contributed by atoms with Gasteiger partial charge in [0, 0.05) is 31.8 Å². The Morgan fingerprint density at radius 1 is 1.38 bits per heavy atom. The van der Waals surface area contributed by atoms with Crippen molar-refractivity contribution in [3.63, 3.8) is 0 Å². The molecule has 0 aromatic carbocycles. The minimum atomic E-state index is -4.49. The maximum absolute atomic E-state index is 12.5. The van der Waals surface area contributed by atoms with Gasteiger partial charge in [0.25, 0.3) is 0 Å². The molecule has 1 saturated heterocycles. The van der Waals surface area contributed by atoms with Gasteiger partial charge in [0.05, 0.1) is 17.8 Å². The van der Waals surface area contributed by atoms with Gasteiger partial charge in [-0.3, -0.25) is 14.3 Å². The van der Waals surface area contributed by atoms with Crippen LogP contribution in [0.4, 0.5) is 19.0 Å². The number of pyridine rings is 1. The lowest BCUT2D eigenvalue weighted by Crippen LogP contribution is -2.36. The van der Waals surface area contributed by atoms with Crippen LogP contribution in [0.25, 0.3) is 11.3 Å². The van der Waals surface area contributed by atoms with E-state index in [9.17, 15) is 22.8 Å². The number of aryl methyl sites for hydroxylation is 1. The highest BCUT2D eigenvalue weighted by atomic mass is 19.4. The van der Waals surface area contributed by atoms with Crippen LogP contribution in [0, 0.1) is 5.92 Å². The lowest BCUT2D eigenvalue weighted by Gasteiger charge is -2.18. The highest BCUT2D eigenvalue weighted by Gasteiger charge is 2.40. The Morgan fingerprint density at radius 3 is 2.81 bits per heavy atom. The molecule has 3 rings (SSSR count). The molecular formula is C16H16F3N5O2. The van der Waals surface area contributed by atoms with Crippen molar-refractivity contribution in [3.8, 4) is 11.3 Å². The van der Waals surface area contributed by atoms with Crippen molar-refractivity contribution in [2.24, 2.45) is 13.0 Å². The minimum absolute atomic E-state index is 0.246. The quantitative estimate of drug-likeness (QED) is 0.894. The molecule has 2 aromatic heterocycles. The molecule has 1 fully saturated rings. The van der Waals surface area contributed by atoms with Crippen LogP contribution in [-0.2, 0) is 16.6 Å². The monoisotopic (exact) mass is 367 g/mol. The predicted octanol–water partition coefficient (Wildman–Crippen LogP) is 1.83. The van der Waals surface area contributed by atoms with E-state index in [4.69, 9.17) is 0 Å². The molecule has 10 heteroatoms. The Kier molecular flexibility index (Phi) is 4.66. The molecule has 0 saturated carbocycles. The van der Waals surface area contributed by atoms with Gasteiger partial charge in [-0.25, -0.2) is 4.98 Å². The van der Waals surface area contributed by atoms with E-state index in [-0.39, 0.29) is 18.8 Å². The molecule has 1 N–H and O–H groups in total. The van der Waals surface area contributed by atoms with Crippen molar-refractivity contribution in [2.45, 2.75) is 12.6 Å². The largest absolute Gasteiger partial charge is 0.406 e. The minimum Gasteiger partial charge on any atom is -0.333 e. The number of aromatic nitrogens is 3. The molecule has 0 spiro atoms. The van der Waals surface area contributed by atoms with Gasteiger partial charge in [-0.15, -0.1) is 0 Å². The van der Waals surface area contributed by atoms with E-state index >= 15 is 0 Å². The summed E-state index contributed by atoms with van der Waals surface area (Å²) in [5.74, 6) is -1.79. The molecule has 2 aromatic rings. The number of amides is 2. The Bertz CT molecular complexity index is 833. The summed E-state index contributed by atoms with van der Waals surface area (Å²) < 4.78 is 39.0. The predicted molar refractivity (Wildman–Crippen MR) is 85.8 cm³/mol. The van der Waals surface area contributed by atoms with Crippen molar-refractivity contribution in [1.82, 2.24) is 19.7 Å². The highest BCUT2D eigenvalue weighted by molar-refractivity contribution is 5.96. The van der Waals surface area contributed by atoms with E-state index in [2.05, 4.69) is 15.4 Å². The Labute approximate surface area is 146 Å². The van der Waals surface area contributed by atoms with Gasteiger partial charge in [-0.2, -0.15) is 18.3 Å². The first-order valence-corrected chi connectivity index (χ1v) is 7.83. The topological polar surface area (TPSA) is 80.1 Å². The van der Waals surface area contributed by atoms with Gasteiger partial charge in [0.2, 0.25) is 11.8 Å². The fourth-order valence-corrected chi connectivity index (χ4v) is 2.76. The number of hydrogen-bond donors (Lipinski definition) is 1. The molecule has 1 unspecified atom stereocenters. The summed E-state index contributed by atoms with van der Waals surface area (Å²) in [6.45, 7) is -1.60. The zero-order valence-electron chi connectivity index (χ0n) is 13.8. The van der Waals surface area contributed by atoms with Crippen LogP contribution < -0.4 is 5.32 Å². The Hall–Kier alpha value is -2.91. The van der Waals surface area contributed by atoms with Gasteiger partial charge in [-0.05, 0) is 12.1 Å². The first kappa shape index (κ1) is 17.9. The molecule has 1 atom stereocenters. The van der Waals surface area contributed by atoms with Crippen LogP contribution in [0.1, 0.15) is 6.42 Å². The number of rotatable bonds is 4. The van der Waals surface area contributed by atoms with Gasteiger partial charge in [-0.1, -0.05) is 6.07 Å². The van der Waals surface area contributed by atoms with Gasteiger partial charge in [0.15, 0.2) is 0 Å². The first-order valence-electron chi connectivity index (χ1n) is 7.83. The average molecular weight is 367 g/mol. The van der Waals surface area contributed by atoms with Crippen molar-refractivity contribution in [1.29, 1.82) is 0 Å². The number of anilines is 1. The lowest BCUT2D eigenvalue weighted by molar-refractivity contribution is -0.157. The molecular weight excluding hydrogens is 351 g/mol. The molecule has 0 aliphatic carbocycles. The summed E-state index contributed by atoms with van der Waals surface area (Å²) in [5.41, 5.74) is 1.35. The second kappa shape index (κ2) is 6.77. The third kappa shape index (κ3) is 4.19. The van der Waals surface area contributed by atoms with E-state index in [0.717, 1.165) is 5.56 Å². The maximum atomic E-state index is 12.5.